The summed E-state index contributed by atoms with van der Waals surface area (Å²) in [4.78, 5) is 14.3. The number of carbonyl (C=O) groups is 1. The third-order valence-corrected chi connectivity index (χ3v) is 4.36. The van der Waals surface area contributed by atoms with Crippen LogP contribution < -0.4 is 4.90 Å². The number of esters is 1. The molecule has 4 nitrogen and oxygen atoms in total. The largest absolute Gasteiger partial charge is 0.467 e. The molecule has 2 aromatic rings. The van der Waals surface area contributed by atoms with E-state index in [-0.39, 0.29) is 5.97 Å². The van der Waals surface area contributed by atoms with Crippen molar-refractivity contribution in [2.75, 3.05) is 19.1 Å². The molecule has 0 amide bonds. The number of aryl methyl sites for hydroxylation is 1. The summed E-state index contributed by atoms with van der Waals surface area (Å²) in [6.45, 7) is 0. The van der Waals surface area contributed by atoms with Crippen LogP contribution >= 0.6 is 0 Å². The van der Waals surface area contributed by atoms with Gasteiger partial charge in [-0.05, 0) is 48.9 Å². The van der Waals surface area contributed by atoms with E-state index in [9.17, 15) is 4.79 Å². The molecule has 1 heterocycles. The Labute approximate surface area is 130 Å². The highest BCUT2D eigenvalue weighted by molar-refractivity contribution is 5.81. The zero-order valence-corrected chi connectivity index (χ0v) is 13.0. The van der Waals surface area contributed by atoms with Crippen molar-refractivity contribution in [3.05, 3.63) is 53.5 Å². The van der Waals surface area contributed by atoms with Crippen molar-refractivity contribution in [2.24, 2.45) is 0 Å². The zero-order chi connectivity index (χ0) is 15.5. The van der Waals surface area contributed by atoms with Gasteiger partial charge in [0.1, 0.15) is 5.76 Å². The zero-order valence-electron chi connectivity index (χ0n) is 13.0. The molecule has 0 aliphatic heterocycles. The summed E-state index contributed by atoms with van der Waals surface area (Å²) in [5.74, 6) is 0.432. The van der Waals surface area contributed by atoms with Crippen molar-refractivity contribution < 1.29 is 13.9 Å². The van der Waals surface area contributed by atoms with Crippen molar-refractivity contribution >= 4 is 11.7 Å². The molecule has 1 atom stereocenters. The number of benzene rings is 1. The lowest BCUT2D eigenvalue weighted by molar-refractivity contribution is -0.142. The van der Waals surface area contributed by atoms with Crippen LogP contribution in [0.1, 0.15) is 35.8 Å². The number of carbonyl (C=O) groups excluding carboxylic acids is 1. The van der Waals surface area contributed by atoms with E-state index in [1.807, 2.05) is 42.3 Å². The second-order valence-corrected chi connectivity index (χ2v) is 5.68. The molecule has 22 heavy (non-hydrogen) atoms. The lowest BCUT2D eigenvalue weighted by Gasteiger charge is -2.27. The average molecular weight is 299 g/mol. The Bertz CT molecular complexity index is 648. The summed E-state index contributed by atoms with van der Waals surface area (Å²) < 4.78 is 10.8. The number of furan rings is 1. The molecule has 1 aromatic carbocycles. The topological polar surface area (TPSA) is 42.7 Å². The SMILES string of the molecule is COC(=O)C(c1occ2c1CCCC2)N(C)c1ccccc1. The molecule has 0 fully saturated rings. The van der Waals surface area contributed by atoms with E-state index in [0.717, 1.165) is 30.7 Å². The standard InChI is InChI=1S/C18H21NO3/c1-19(14-9-4-3-5-10-14)16(18(20)21-2)17-15-11-7-6-8-13(15)12-22-17/h3-5,9-10,12,16H,6-8,11H2,1-2H3. The minimum Gasteiger partial charge on any atom is -0.467 e. The van der Waals surface area contributed by atoms with Crippen LogP contribution in [0, 0.1) is 0 Å². The van der Waals surface area contributed by atoms with Gasteiger partial charge in [-0.3, -0.25) is 0 Å². The quantitative estimate of drug-likeness (QED) is 0.810. The molecule has 0 saturated carbocycles. The number of rotatable bonds is 4. The normalized spacial score (nSPS) is 15.0. The number of ether oxygens (including phenoxy) is 1. The summed E-state index contributed by atoms with van der Waals surface area (Å²) in [5.41, 5.74) is 3.37. The van der Waals surface area contributed by atoms with Gasteiger partial charge in [0, 0.05) is 12.7 Å². The van der Waals surface area contributed by atoms with E-state index in [2.05, 4.69) is 0 Å². The fourth-order valence-electron chi connectivity index (χ4n) is 3.14. The highest BCUT2D eigenvalue weighted by atomic mass is 16.5. The fraction of sp³-hybridized carbons (Fsp3) is 0.389. The first kappa shape index (κ1) is 14.7. The Kier molecular flexibility index (Phi) is 4.18. The molecule has 1 aliphatic carbocycles. The van der Waals surface area contributed by atoms with E-state index in [4.69, 9.17) is 9.15 Å². The van der Waals surface area contributed by atoms with Crippen LogP contribution in [-0.2, 0) is 22.4 Å². The van der Waals surface area contributed by atoms with Crippen LogP contribution in [0.15, 0.2) is 41.0 Å². The molecule has 0 saturated heterocycles. The lowest BCUT2D eigenvalue weighted by Crippen LogP contribution is -2.32. The number of nitrogens with zero attached hydrogens (tertiary/aromatic N) is 1. The van der Waals surface area contributed by atoms with Crippen LogP contribution in [-0.4, -0.2) is 20.1 Å². The van der Waals surface area contributed by atoms with Crippen molar-refractivity contribution in [1.82, 2.24) is 0 Å². The third-order valence-electron chi connectivity index (χ3n) is 4.36. The number of methoxy groups -OCH3 is 1. The number of hydrogen-bond acceptors (Lipinski definition) is 4. The summed E-state index contributed by atoms with van der Waals surface area (Å²) in [6.07, 6.45) is 6.13. The van der Waals surface area contributed by atoms with Crippen LogP contribution in [0.25, 0.3) is 0 Å². The first-order valence-corrected chi connectivity index (χ1v) is 7.67. The molecule has 0 radical (unpaired) electrons. The van der Waals surface area contributed by atoms with Crippen LogP contribution in [0.5, 0.6) is 0 Å². The van der Waals surface area contributed by atoms with Gasteiger partial charge in [-0.2, -0.15) is 0 Å². The number of anilines is 1. The Balaban J connectivity index is 2.00. The Morgan fingerprint density at radius 3 is 2.68 bits per heavy atom. The van der Waals surface area contributed by atoms with Gasteiger partial charge in [-0.1, -0.05) is 18.2 Å². The molecule has 4 heteroatoms. The number of para-hydroxylation sites is 1. The highest BCUT2D eigenvalue weighted by Crippen LogP contribution is 2.34. The molecule has 1 unspecified atom stereocenters. The van der Waals surface area contributed by atoms with Gasteiger partial charge in [0.05, 0.1) is 13.4 Å². The predicted molar refractivity (Wildman–Crippen MR) is 85.0 cm³/mol. The van der Waals surface area contributed by atoms with Crippen LogP contribution in [0.4, 0.5) is 5.69 Å². The molecule has 0 bridgehead atoms. The number of hydrogen-bond donors (Lipinski definition) is 0. The first-order valence-electron chi connectivity index (χ1n) is 7.67. The van der Waals surface area contributed by atoms with Crippen molar-refractivity contribution in [3.8, 4) is 0 Å². The number of fused-ring (bicyclic) bond motifs is 1. The molecule has 1 aromatic heterocycles. The average Bonchev–Trinajstić information content (AvgIpc) is 2.99. The molecule has 116 valence electrons. The van der Waals surface area contributed by atoms with Gasteiger partial charge in [0.25, 0.3) is 0 Å². The lowest BCUT2D eigenvalue weighted by atomic mass is 9.92. The summed E-state index contributed by atoms with van der Waals surface area (Å²) >= 11 is 0. The molecular formula is C18H21NO3. The van der Waals surface area contributed by atoms with Gasteiger partial charge >= 0.3 is 5.97 Å². The Morgan fingerprint density at radius 2 is 1.95 bits per heavy atom. The van der Waals surface area contributed by atoms with Crippen LogP contribution in [0.3, 0.4) is 0 Å². The van der Waals surface area contributed by atoms with Crippen molar-refractivity contribution in [2.45, 2.75) is 31.7 Å². The second kappa shape index (κ2) is 6.26. The first-order chi connectivity index (χ1) is 10.7. The minimum atomic E-state index is -0.547. The van der Waals surface area contributed by atoms with Gasteiger partial charge < -0.3 is 14.1 Å². The Morgan fingerprint density at radius 1 is 1.23 bits per heavy atom. The van der Waals surface area contributed by atoms with Crippen molar-refractivity contribution in [1.29, 1.82) is 0 Å². The molecule has 1 aliphatic rings. The number of likely N-dealkylation sites (N-methyl/N-ethyl adjacent to an activating group) is 1. The van der Waals surface area contributed by atoms with E-state index < -0.39 is 6.04 Å². The summed E-state index contributed by atoms with van der Waals surface area (Å²) in [6, 6.07) is 9.28. The van der Waals surface area contributed by atoms with Crippen LogP contribution in [0.2, 0.25) is 0 Å². The smallest absolute Gasteiger partial charge is 0.336 e. The second-order valence-electron chi connectivity index (χ2n) is 5.68. The van der Waals surface area contributed by atoms with E-state index in [1.54, 1.807) is 6.26 Å². The molecule has 3 rings (SSSR count). The van der Waals surface area contributed by atoms with Gasteiger partial charge in [-0.25, -0.2) is 4.79 Å². The predicted octanol–water partition coefficient (Wildman–Crippen LogP) is 3.51. The maximum atomic E-state index is 12.4. The summed E-state index contributed by atoms with van der Waals surface area (Å²) in [5, 5.41) is 0. The fourth-order valence-corrected chi connectivity index (χ4v) is 3.14. The molecule has 0 N–H and O–H groups in total. The van der Waals surface area contributed by atoms with E-state index in [1.165, 1.54) is 24.7 Å². The maximum absolute atomic E-state index is 12.4. The Hall–Kier alpha value is -2.23. The monoisotopic (exact) mass is 299 g/mol. The highest BCUT2D eigenvalue weighted by Gasteiger charge is 2.33. The summed E-state index contributed by atoms with van der Waals surface area (Å²) in [7, 11) is 3.32. The third kappa shape index (κ3) is 2.61. The van der Waals surface area contributed by atoms with Gasteiger partial charge in [-0.15, -0.1) is 0 Å². The van der Waals surface area contributed by atoms with Crippen molar-refractivity contribution in [3.63, 3.8) is 0 Å². The van der Waals surface area contributed by atoms with E-state index in [0.29, 0.717) is 0 Å². The minimum absolute atomic E-state index is 0.297. The maximum Gasteiger partial charge on any atom is 0.336 e. The molecule has 0 spiro atoms. The van der Waals surface area contributed by atoms with Gasteiger partial charge in [0.15, 0.2) is 6.04 Å². The van der Waals surface area contributed by atoms with E-state index >= 15 is 0 Å². The molecular weight excluding hydrogens is 278 g/mol. The van der Waals surface area contributed by atoms with Gasteiger partial charge in [0.2, 0.25) is 0 Å².